The molecule has 1 aliphatic carbocycles. The quantitative estimate of drug-likeness (QED) is 0.835. The first kappa shape index (κ1) is 13.8. The number of benzene rings is 1. The fraction of sp³-hybridized carbons (Fsp3) is 0.500. The van der Waals surface area contributed by atoms with Crippen LogP contribution in [0.15, 0.2) is 24.3 Å². The van der Waals surface area contributed by atoms with E-state index in [9.17, 15) is 8.42 Å². The summed E-state index contributed by atoms with van der Waals surface area (Å²) >= 11 is 5.81. The molecule has 1 aromatic carbocycles. The molecular weight excluding hydrogens is 274 g/mol. The van der Waals surface area contributed by atoms with Crippen LogP contribution in [0.2, 0.25) is 5.02 Å². The first-order valence-corrected chi connectivity index (χ1v) is 7.80. The highest BCUT2D eigenvalue weighted by Gasteiger charge is 2.42. The molecule has 18 heavy (non-hydrogen) atoms. The van der Waals surface area contributed by atoms with Gasteiger partial charge in [-0.3, -0.25) is 0 Å². The van der Waals surface area contributed by atoms with E-state index in [1.165, 1.54) is 0 Å². The van der Waals surface area contributed by atoms with Crippen LogP contribution in [0.3, 0.4) is 0 Å². The Labute approximate surface area is 112 Å². The van der Waals surface area contributed by atoms with Crippen molar-refractivity contribution in [3.8, 4) is 0 Å². The molecule has 100 valence electrons. The van der Waals surface area contributed by atoms with E-state index >= 15 is 0 Å². The van der Waals surface area contributed by atoms with Gasteiger partial charge in [0.15, 0.2) is 0 Å². The number of sulfonamides is 1. The number of nitrogens with one attached hydrogen (secondary N) is 1. The molecule has 0 unspecified atom stereocenters. The second-order valence-corrected chi connectivity index (χ2v) is 7.11. The van der Waals surface area contributed by atoms with Gasteiger partial charge in [-0.05, 0) is 30.5 Å². The molecule has 6 heteroatoms. The molecule has 2 rings (SSSR count). The van der Waals surface area contributed by atoms with E-state index in [2.05, 4.69) is 4.72 Å². The summed E-state index contributed by atoms with van der Waals surface area (Å²) in [5, 5.41) is 9.65. The van der Waals surface area contributed by atoms with E-state index in [0.29, 0.717) is 17.1 Å². The van der Waals surface area contributed by atoms with E-state index in [1.54, 1.807) is 24.3 Å². The van der Waals surface area contributed by atoms with Crippen LogP contribution in [0.4, 0.5) is 0 Å². The third kappa shape index (κ3) is 3.68. The zero-order valence-corrected chi connectivity index (χ0v) is 11.5. The normalized spacial score (nSPS) is 17.7. The second kappa shape index (κ2) is 5.17. The molecule has 0 spiro atoms. The molecule has 0 saturated heterocycles. The van der Waals surface area contributed by atoms with Crippen molar-refractivity contribution >= 4 is 21.6 Å². The Kier molecular flexibility index (Phi) is 3.96. The summed E-state index contributed by atoms with van der Waals surface area (Å²) in [6, 6.07) is 6.79. The predicted octanol–water partition coefficient (Wildman–Crippen LogP) is 1.53. The summed E-state index contributed by atoms with van der Waals surface area (Å²) in [7, 11) is -3.37. The lowest BCUT2D eigenvalue weighted by molar-refractivity contribution is 0.213. The molecule has 0 aromatic heterocycles. The van der Waals surface area contributed by atoms with Crippen LogP contribution in [-0.2, 0) is 15.8 Å². The van der Waals surface area contributed by atoms with Gasteiger partial charge in [-0.25, -0.2) is 13.1 Å². The molecule has 4 nitrogen and oxygen atoms in total. The van der Waals surface area contributed by atoms with Crippen LogP contribution in [0, 0.1) is 5.41 Å². The van der Waals surface area contributed by atoms with Crippen molar-refractivity contribution in [2.24, 2.45) is 5.41 Å². The molecule has 0 radical (unpaired) electrons. The van der Waals surface area contributed by atoms with Crippen molar-refractivity contribution in [2.45, 2.75) is 18.6 Å². The van der Waals surface area contributed by atoms with Gasteiger partial charge >= 0.3 is 0 Å². The molecule has 1 aromatic rings. The predicted molar refractivity (Wildman–Crippen MR) is 70.8 cm³/mol. The Hall–Kier alpha value is -0.620. The molecule has 1 saturated carbocycles. The average molecular weight is 290 g/mol. The molecule has 1 fully saturated rings. The summed E-state index contributed by atoms with van der Waals surface area (Å²) < 4.78 is 26.3. The summed E-state index contributed by atoms with van der Waals surface area (Å²) in [6.45, 7) is 0.346. The van der Waals surface area contributed by atoms with Crippen molar-refractivity contribution in [2.75, 3.05) is 13.2 Å². The summed E-state index contributed by atoms with van der Waals surface area (Å²) in [4.78, 5) is 0. The highest BCUT2D eigenvalue weighted by atomic mass is 35.5. The summed E-state index contributed by atoms with van der Waals surface area (Å²) in [5.41, 5.74) is 0.436. The van der Waals surface area contributed by atoms with Crippen LogP contribution in [-0.4, -0.2) is 26.7 Å². The lowest BCUT2D eigenvalue weighted by Crippen LogP contribution is -2.32. The van der Waals surface area contributed by atoms with Gasteiger partial charge in [0.1, 0.15) is 0 Å². The van der Waals surface area contributed by atoms with Crippen LogP contribution >= 0.6 is 11.6 Å². The maximum absolute atomic E-state index is 11.9. The lowest BCUT2D eigenvalue weighted by atomic mass is 10.1. The molecule has 2 N–H and O–H groups in total. The van der Waals surface area contributed by atoms with E-state index in [0.717, 1.165) is 12.8 Å². The van der Waals surface area contributed by atoms with Gasteiger partial charge in [-0.2, -0.15) is 0 Å². The Balaban J connectivity index is 1.95. The van der Waals surface area contributed by atoms with E-state index in [4.69, 9.17) is 16.7 Å². The van der Waals surface area contributed by atoms with Gasteiger partial charge in [0, 0.05) is 23.6 Å². The number of halogens is 1. The van der Waals surface area contributed by atoms with E-state index < -0.39 is 10.0 Å². The third-order valence-electron chi connectivity index (χ3n) is 3.21. The fourth-order valence-corrected chi connectivity index (χ4v) is 3.19. The maximum Gasteiger partial charge on any atom is 0.215 e. The Morgan fingerprint density at radius 2 is 2.11 bits per heavy atom. The summed E-state index contributed by atoms with van der Waals surface area (Å²) in [6.07, 6.45) is 1.76. The fourth-order valence-electron chi connectivity index (χ4n) is 1.73. The average Bonchev–Trinajstić information content (AvgIpc) is 3.07. The van der Waals surface area contributed by atoms with Gasteiger partial charge in [-0.1, -0.05) is 23.7 Å². The summed E-state index contributed by atoms with van der Waals surface area (Å²) in [5.74, 6) is -0.0882. The highest BCUT2D eigenvalue weighted by molar-refractivity contribution is 7.88. The minimum absolute atomic E-state index is 0.0344. The SMILES string of the molecule is O=S(=O)(Cc1cccc(Cl)c1)NCC1(CO)CC1. The zero-order chi connectivity index (χ0) is 13.2. The van der Waals surface area contributed by atoms with Gasteiger partial charge in [0.25, 0.3) is 0 Å². The molecule has 0 atom stereocenters. The first-order chi connectivity index (χ1) is 8.45. The van der Waals surface area contributed by atoms with Crippen molar-refractivity contribution in [1.29, 1.82) is 0 Å². The van der Waals surface area contributed by atoms with Crippen molar-refractivity contribution in [3.05, 3.63) is 34.9 Å². The highest BCUT2D eigenvalue weighted by Crippen LogP contribution is 2.44. The van der Waals surface area contributed by atoms with Gasteiger partial charge < -0.3 is 5.11 Å². The van der Waals surface area contributed by atoms with Crippen molar-refractivity contribution in [3.63, 3.8) is 0 Å². The monoisotopic (exact) mass is 289 g/mol. The van der Waals surface area contributed by atoms with Gasteiger partial charge in [0.05, 0.1) is 5.75 Å². The number of hydrogen-bond donors (Lipinski definition) is 2. The third-order valence-corrected chi connectivity index (χ3v) is 4.74. The number of hydrogen-bond acceptors (Lipinski definition) is 3. The second-order valence-electron chi connectivity index (χ2n) is 4.87. The van der Waals surface area contributed by atoms with Crippen molar-refractivity contribution < 1.29 is 13.5 Å². The minimum atomic E-state index is -3.37. The van der Waals surface area contributed by atoms with Crippen LogP contribution < -0.4 is 4.72 Å². The van der Waals surface area contributed by atoms with Crippen LogP contribution in [0.5, 0.6) is 0 Å². The Morgan fingerprint density at radius 1 is 1.39 bits per heavy atom. The molecule has 0 heterocycles. The van der Waals surface area contributed by atoms with Crippen molar-refractivity contribution in [1.82, 2.24) is 4.72 Å². The zero-order valence-electron chi connectivity index (χ0n) is 9.89. The molecule has 0 bridgehead atoms. The molecular formula is C12H16ClNO3S. The smallest absolute Gasteiger partial charge is 0.215 e. The molecule has 0 amide bonds. The van der Waals surface area contributed by atoms with E-state index in [-0.39, 0.29) is 17.8 Å². The lowest BCUT2D eigenvalue weighted by Gasteiger charge is -2.13. The van der Waals surface area contributed by atoms with Gasteiger partial charge in [0.2, 0.25) is 10.0 Å². The standard InChI is InChI=1S/C12H16ClNO3S/c13-11-3-1-2-10(6-11)7-18(16,17)14-8-12(9-15)4-5-12/h1-3,6,14-15H,4-5,7-9H2. The minimum Gasteiger partial charge on any atom is -0.396 e. The topological polar surface area (TPSA) is 66.4 Å². The van der Waals surface area contributed by atoms with Crippen LogP contribution in [0.1, 0.15) is 18.4 Å². The number of rotatable bonds is 6. The molecule has 0 aliphatic heterocycles. The van der Waals surface area contributed by atoms with E-state index in [1.807, 2.05) is 0 Å². The number of aliphatic hydroxyl groups excluding tert-OH is 1. The van der Waals surface area contributed by atoms with Crippen LogP contribution in [0.25, 0.3) is 0 Å². The first-order valence-electron chi connectivity index (χ1n) is 5.77. The maximum atomic E-state index is 11.9. The number of aliphatic hydroxyl groups is 1. The Bertz CT molecular complexity index is 526. The Morgan fingerprint density at radius 3 is 2.67 bits per heavy atom. The van der Waals surface area contributed by atoms with Gasteiger partial charge in [-0.15, -0.1) is 0 Å². The largest absolute Gasteiger partial charge is 0.396 e. The molecule has 1 aliphatic rings.